The molecule has 3 fully saturated rings. The van der Waals surface area contributed by atoms with Crippen LogP contribution in [0, 0.1) is 17.8 Å². The highest BCUT2D eigenvalue weighted by Gasteiger charge is 2.54. The number of ether oxygens (including phenoxy) is 1. The summed E-state index contributed by atoms with van der Waals surface area (Å²) in [5, 5.41) is 13.3. The number of hydrogen-bond donors (Lipinski definition) is 2. The van der Waals surface area contributed by atoms with Gasteiger partial charge in [0.15, 0.2) is 0 Å². The van der Waals surface area contributed by atoms with Crippen LogP contribution in [0.5, 0.6) is 0 Å². The zero-order valence-electron chi connectivity index (χ0n) is 10.9. The third kappa shape index (κ3) is 2.41. The minimum absolute atomic E-state index is 0.173. The average molecular weight is 253 g/mol. The molecule has 1 heterocycles. The summed E-state index contributed by atoms with van der Waals surface area (Å²) in [5.74, 6) is 1.70. The smallest absolute Gasteiger partial charge is 0.223 e. The van der Waals surface area contributed by atoms with Crippen LogP contribution in [-0.2, 0) is 9.53 Å². The molecule has 2 unspecified atom stereocenters. The van der Waals surface area contributed by atoms with Gasteiger partial charge >= 0.3 is 0 Å². The summed E-state index contributed by atoms with van der Waals surface area (Å²) in [6.07, 6.45) is 6.27. The van der Waals surface area contributed by atoms with Crippen molar-refractivity contribution in [1.29, 1.82) is 0 Å². The predicted octanol–water partition coefficient (Wildman–Crippen LogP) is 1.08. The van der Waals surface area contributed by atoms with Gasteiger partial charge < -0.3 is 15.2 Å². The Morgan fingerprint density at radius 3 is 2.44 bits per heavy atom. The first kappa shape index (κ1) is 12.4. The molecule has 0 aromatic heterocycles. The highest BCUT2D eigenvalue weighted by Crippen LogP contribution is 2.55. The molecule has 0 radical (unpaired) electrons. The van der Waals surface area contributed by atoms with E-state index >= 15 is 0 Å². The first-order valence-electron chi connectivity index (χ1n) is 7.27. The topological polar surface area (TPSA) is 58.6 Å². The molecule has 2 atom stereocenters. The molecule has 2 saturated carbocycles. The molecule has 0 aromatic carbocycles. The third-order valence-corrected chi connectivity index (χ3v) is 4.97. The van der Waals surface area contributed by atoms with Gasteiger partial charge in [-0.25, -0.2) is 0 Å². The second kappa shape index (κ2) is 4.82. The molecule has 3 aliphatic rings. The Morgan fingerprint density at radius 1 is 1.22 bits per heavy atom. The fourth-order valence-electron chi connectivity index (χ4n) is 3.68. The minimum Gasteiger partial charge on any atom is -0.388 e. The molecule has 18 heavy (non-hydrogen) atoms. The van der Waals surface area contributed by atoms with E-state index in [2.05, 4.69) is 5.32 Å². The number of amides is 1. The van der Waals surface area contributed by atoms with Gasteiger partial charge in [0.05, 0.1) is 5.60 Å². The van der Waals surface area contributed by atoms with Gasteiger partial charge in [-0.1, -0.05) is 12.8 Å². The quantitative estimate of drug-likeness (QED) is 0.791. The highest BCUT2D eigenvalue weighted by atomic mass is 16.5. The van der Waals surface area contributed by atoms with Gasteiger partial charge in [-0.3, -0.25) is 4.79 Å². The van der Waals surface area contributed by atoms with Gasteiger partial charge in [-0.05, 0) is 24.7 Å². The average Bonchev–Trinajstić information content (AvgIpc) is 3.11. The van der Waals surface area contributed by atoms with E-state index in [1.807, 2.05) is 0 Å². The fraction of sp³-hybridized carbons (Fsp3) is 0.929. The van der Waals surface area contributed by atoms with Crippen molar-refractivity contribution in [3.63, 3.8) is 0 Å². The second-order valence-corrected chi connectivity index (χ2v) is 6.19. The van der Waals surface area contributed by atoms with Crippen LogP contribution in [-0.4, -0.2) is 36.4 Å². The summed E-state index contributed by atoms with van der Waals surface area (Å²) in [4.78, 5) is 12.1. The zero-order valence-corrected chi connectivity index (χ0v) is 10.9. The van der Waals surface area contributed by atoms with Crippen LogP contribution in [0.15, 0.2) is 0 Å². The van der Waals surface area contributed by atoms with Gasteiger partial charge in [-0.2, -0.15) is 0 Å². The van der Waals surface area contributed by atoms with Crippen LogP contribution in [0.4, 0.5) is 0 Å². The Bertz CT molecular complexity index is 313. The molecule has 4 heteroatoms. The van der Waals surface area contributed by atoms with Crippen molar-refractivity contribution in [3.05, 3.63) is 0 Å². The zero-order chi connectivity index (χ0) is 12.6. The van der Waals surface area contributed by atoms with E-state index in [0.29, 0.717) is 44.4 Å². The fourth-order valence-corrected chi connectivity index (χ4v) is 3.68. The predicted molar refractivity (Wildman–Crippen MR) is 67.0 cm³/mol. The van der Waals surface area contributed by atoms with Crippen LogP contribution in [0.1, 0.15) is 38.5 Å². The number of nitrogens with one attached hydrogen (secondary N) is 1. The van der Waals surface area contributed by atoms with Crippen LogP contribution in [0.2, 0.25) is 0 Å². The van der Waals surface area contributed by atoms with Crippen LogP contribution in [0.3, 0.4) is 0 Å². The van der Waals surface area contributed by atoms with Crippen molar-refractivity contribution in [2.24, 2.45) is 17.8 Å². The Kier molecular flexibility index (Phi) is 3.32. The number of carbonyl (C=O) groups is 1. The Balaban J connectivity index is 1.47. The summed E-state index contributed by atoms with van der Waals surface area (Å²) >= 11 is 0. The maximum absolute atomic E-state index is 12.1. The third-order valence-electron chi connectivity index (χ3n) is 4.97. The van der Waals surface area contributed by atoms with Crippen molar-refractivity contribution in [2.45, 2.75) is 44.1 Å². The molecule has 3 rings (SSSR count). The van der Waals surface area contributed by atoms with E-state index in [0.717, 1.165) is 0 Å². The monoisotopic (exact) mass is 253 g/mol. The first-order valence-corrected chi connectivity index (χ1v) is 7.27. The SMILES string of the molecule is O=C(NCC1(O)CCOCC1)C1C2CCCCC21. The molecule has 0 bridgehead atoms. The number of carbonyl (C=O) groups excluding carboxylic acids is 1. The maximum Gasteiger partial charge on any atom is 0.223 e. The van der Waals surface area contributed by atoms with Crippen molar-refractivity contribution in [1.82, 2.24) is 5.32 Å². The lowest BCUT2D eigenvalue weighted by atomic mass is 9.94. The molecule has 1 amide bonds. The van der Waals surface area contributed by atoms with Gasteiger partial charge in [0.25, 0.3) is 0 Å². The summed E-state index contributed by atoms with van der Waals surface area (Å²) in [6, 6.07) is 0. The molecule has 0 aromatic rings. The largest absolute Gasteiger partial charge is 0.388 e. The van der Waals surface area contributed by atoms with Gasteiger partial charge in [0, 0.05) is 38.5 Å². The van der Waals surface area contributed by atoms with Crippen molar-refractivity contribution in [3.8, 4) is 0 Å². The lowest BCUT2D eigenvalue weighted by molar-refractivity contribution is -0.125. The normalized spacial score (nSPS) is 37.7. The van der Waals surface area contributed by atoms with Crippen LogP contribution < -0.4 is 5.32 Å². The summed E-state index contributed by atoms with van der Waals surface area (Å²) in [6.45, 7) is 1.59. The highest BCUT2D eigenvalue weighted by molar-refractivity contribution is 5.82. The first-order chi connectivity index (χ1) is 8.70. The van der Waals surface area contributed by atoms with E-state index in [9.17, 15) is 9.90 Å². The summed E-state index contributed by atoms with van der Waals surface area (Å²) in [5.41, 5.74) is -0.742. The molecular weight excluding hydrogens is 230 g/mol. The van der Waals surface area contributed by atoms with E-state index in [1.54, 1.807) is 0 Å². The van der Waals surface area contributed by atoms with Crippen molar-refractivity contribution in [2.75, 3.05) is 19.8 Å². The van der Waals surface area contributed by atoms with Crippen molar-refractivity contribution >= 4 is 5.91 Å². The minimum atomic E-state index is -0.742. The standard InChI is InChI=1S/C14H23NO3/c16-13(12-10-3-1-2-4-11(10)12)15-9-14(17)5-7-18-8-6-14/h10-12,17H,1-9H2,(H,15,16). The number of rotatable bonds is 3. The van der Waals surface area contributed by atoms with E-state index < -0.39 is 5.60 Å². The Morgan fingerprint density at radius 2 is 1.83 bits per heavy atom. The molecule has 0 spiro atoms. The molecule has 4 nitrogen and oxygen atoms in total. The maximum atomic E-state index is 12.1. The molecule has 102 valence electrons. The number of fused-ring (bicyclic) bond motifs is 1. The molecule has 2 aliphatic carbocycles. The molecule has 1 aliphatic heterocycles. The second-order valence-electron chi connectivity index (χ2n) is 6.19. The van der Waals surface area contributed by atoms with E-state index in [-0.39, 0.29) is 11.8 Å². The molecule has 1 saturated heterocycles. The lowest BCUT2D eigenvalue weighted by Crippen LogP contribution is -2.47. The Hall–Kier alpha value is -0.610. The van der Waals surface area contributed by atoms with E-state index in [4.69, 9.17) is 4.74 Å². The van der Waals surface area contributed by atoms with Gasteiger partial charge in [0.2, 0.25) is 5.91 Å². The molecule has 2 N–H and O–H groups in total. The van der Waals surface area contributed by atoms with Crippen LogP contribution in [0.25, 0.3) is 0 Å². The van der Waals surface area contributed by atoms with E-state index in [1.165, 1.54) is 25.7 Å². The van der Waals surface area contributed by atoms with Gasteiger partial charge in [0.1, 0.15) is 0 Å². The van der Waals surface area contributed by atoms with Crippen LogP contribution >= 0.6 is 0 Å². The lowest BCUT2D eigenvalue weighted by Gasteiger charge is -2.32. The molecular formula is C14H23NO3. The number of hydrogen-bond acceptors (Lipinski definition) is 3. The summed E-state index contributed by atoms with van der Waals surface area (Å²) in [7, 11) is 0. The Labute approximate surface area is 108 Å². The number of aliphatic hydroxyl groups is 1. The summed E-state index contributed by atoms with van der Waals surface area (Å²) < 4.78 is 5.24. The van der Waals surface area contributed by atoms with Crippen molar-refractivity contribution < 1.29 is 14.6 Å². The van der Waals surface area contributed by atoms with Gasteiger partial charge in [-0.15, -0.1) is 0 Å².